The maximum atomic E-state index is 13.2. The Kier molecular flexibility index (Phi) is 6.71. The molecule has 21 heteroatoms. The van der Waals surface area contributed by atoms with Crippen molar-refractivity contribution in [3.05, 3.63) is 0 Å². The molecule has 0 amide bonds. The van der Waals surface area contributed by atoms with Gasteiger partial charge in [0.2, 0.25) is 0 Å². The summed E-state index contributed by atoms with van der Waals surface area (Å²) in [5, 5.41) is 7.42. The smallest absolute Gasteiger partial charge is 0.331 e. The van der Waals surface area contributed by atoms with Gasteiger partial charge in [-0.1, -0.05) is 0 Å². The first kappa shape index (κ1) is 30.6. The molecule has 0 fully saturated rings. The normalized spacial score (nSPS) is 17.1. The molecule has 194 valence electrons. The third-order valence-electron chi connectivity index (χ3n) is 3.69. The number of aliphatic hydroxyl groups is 1. The second-order valence-electron chi connectivity index (χ2n) is 6.02. The van der Waals surface area contributed by atoms with Crippen molar-refractivity contribution >= 4 is 0 Å². The van der Waals surface area contributed by atoms with Crippen LogP contribution < -0.4 is 0 Å². The van der Waals surface area contributed by atoms with E-state index >= 15 is 0 Å². The summed E-state index contributed by atoms with van der Waals surface area (Å²) in [7, 11) is 0. The molecule has 0 aliphatic rings. The van der Waals surface area contributed by atoms with E-state index in [2.05, 4.69) is 0 Å². The maximum absolute atomic E-state index is 13.2. The van der Waals surface area contributed by atoms with E-state index in [1.54, 1.807) is 0 Å². The highest BCUT2D eigenvalue weighted by atomic mass is 19.4. The highest BCUT2D eigenvalue weighted by molar-refractivity contribution is 5.17. The van der Waals surface area contributed by atoms with Crippen molar-refractivity contribution in [2.24, 2.45) is 0 Å². The Morgan fingerprint density at radius 2 is 0.469 bits per heavy atom. The van der Waals surface area contributed by atoms with E-state index in [9.17, 15) is 87.8 Å². The summed E-state index contributed by atoms with van der Waals surface area (Å²) < 4.78 is 258. The number of halogens is 20. The molecule has 0 rings (SSSR count). The van der Waals surface area contributed by atoms with E-state index < -0.39 is 66.3 Å². The molecule has 1 N–H and O–H groups in total. The minimum atomic E-state index is -9.07. The largest absolute Gasteiger partial charge is 0.423 e. The lowest BCUT2D eigenvalue weighted by molar-refractivity contribution is -0.478. The zero-order valence-corrected chi connectivity index (χ0v) is 14.0. The Balaban J connectivity index is 7.00. The lowest BCUT2D eigenvalue weighted by Crippen LogP contribution is -2.76. The molecule has 1 nitrogen and oxygen atoms in total. The van der Waals surface area contributed by atoms with Crippen LogP contribution in [0.15, 0.2) is 0 Å². The van der Waals surface area contributed by atoms with Crippen molar-refractivity contribution in [3.63, 3.8) is 0 Å². The van der Waals surface area contributed by atoms with Crippen LogP contribution >= 0.6 is 0 Å². The zero-order valence-electron chi connectivity index (χ0n) is 14.0. The monoisotopic (exact) mass is 532 g/mol. The number of rotatable bonds is 9. The van der Waals surface area contributed by atoms with Gasteiger partial charge < -0.3 is 5.11 Å². The quantitative estimate of drug-likeness (QED) is 0.346. The molecule has 0 radical (unpaired) electrons. The van der Waals surface area contributed by atoms with Gasteiger partial charge >= 0.3 is 59.4 Å². The summed E-state index contributed by atoms with van der Waals surface area (Å²) in [5.41, 5.74) is 0. The van der Waals surface area contributed by atoms with Crippen LogP contribution in [0.2, 0.25) is 0 Å². The minimum Gasteiger partial charge on any atom is -0.331 e. The minimum absolute atomic E-state index is 1.39. The highest BCUT2D eigenvalue weighted by Gasteiger charge is 2.97. The molecule has 0 bridgehead atoms. The third-order valence-corrected chi connectivity index (χ3v) is 3.69. The van der Waals surface area contributed by atoms with Crippen LogP contribution in [0.1, 0.15) is 6.92 Å². The van der Waals surface area contributed by atoms with Gasteiger partial charge in [-0.2, -0.15) is 87.8 Å². The molecule has 0 saturated carbocycles. The molecule has 0 aliphatic carbocycles. The van der Waals surface area contributed by atoms with Crippen LogP contribution in [0.25, 0.3) is 0 Å². The number of hydrogen-bond donors (Lipinski definition) is 1. The van der Waals surface area contributed by atoms with Gasteiger partial charge in [0.25, 0.3) is 0 Å². The van der Waals surface area contributed by atoms with Gasteiger partial charge in [-0.25, -0.2) is 0 Å². The molecular weight excluding hydrogens is 528 g/mol. The van der Waals surface area contributed by atoms with Crippen LogP contribution in [0, 0.1) is 0 Å². The van der Waals surface area contributed by atoms with E-state index in [1.165, 1.54) is 0 Å². The first-order chi connectivity index (χ1) is 13.2. The van der Waals surface area contributed by atoms with Crippen molar-refractivity contribution in [1.29, 1.82) is 0 Å². The Morgan fingerprint density at radius 3 is 0.625 bits per heavy atom. The van der Waals surface area contributed by atoms with Crippen LogP contribution in [0.4, 0.5) is 87.8 Å². The standard InChI is InChI=1S/C11H4F20O/c1-2(12,13)3(14,15)4(16,17)5(18,19)6(20,21)7(22,23)8(24,25)9(26,27)10(28,29)11(30,31)32/h32H,1H3. The first-order valence-electron chi connectivity index (χ1n) is 6.75. The summed E-state index contributed by atoms with van der Waals surface area (Å²) >= 11 is 0. The molecule has 0 saturated heterocycles. The SMILES string of the molecule is CC(F)(F)C(F)(F)C(F)(F)C(F)(F)C(F)(F)C(F)(F)C(F)(F)C(F)(F)C(F)(F)C(O)(F)F. The predicted molar refractivity (Wildman–Crippen MR) is 57.4 cm³/mol. The molecule has 0 unspecified atom stereocenters. The fourth-order valence-electron chi connectivity index (χ4n) is 1.65. The molecular formula is C11H4F20O. The first-order valence-corrected chi connectivity index (χ1v) is 6.75. The Hall–Kier alpha value is -1.44. The molecule has 0 aliphatic heterocycles. The summed E-state index contributed by atoms with van der Waals surface area (Å²) in [5.74, 6) is -75.6. The van der Waals surface area contributed by atoms with E-state index in [0.29, 0.717) is 0 Å². The van der Waals surface area contributed by atoms with Gasteiger partial charge in [0.05, 0.1) is 0 Å². The molecule has 0 aromatic heterocycles. The maximum Gasteiger partial charge on any atom is 0.423 e. The van der Waals surface area contributed by atoms with Gasteiger partial charge in [-0.05, 0) is 0 Å². The topological polar surface area (TPSA) is 20.2 Å². The van der Waals surface area contributed by atoms with Crippen molar-refractivity contribution in [2.75, 3.05) is 0 Å². The zero-order chi connectivity index (χ0) is 27.0. The fraction of sp³-hybridized carbons (Fsp3) is 1.00. The van der Waals surface area contributed by atoms with Crippen molar-refractivity contribution in [1.82, 2.24) is 0 Å². The molecule has 0 aromatic carbocycles. The van der Waals surface area contributed by atoms with Gasteiger partial charge in [0.1, 0.15) is 0 Å². The average Bonchev–Trinajstić information content (AvgIpc) is 2.51. The molecule has 0 atom stereocenters. The second-order valence-corrected chi connectivity index (χ2v) is 6.02. The number of alkyl halides is 20. The Morgan fingerprint density at radius 1 is 0.312 bits per heavy atom. The summed E-state index contributed by atoms with van der Waals surface area (Å²) in [6.07, 6.45) is -7.48. The fourth-order valence-corrected chi connectivity index (χ4v) is 1.65. The molecule has 0 aromatic rings. The van der Waals surface area contributed by atoms with Gasteiger partial charge in [0, 0.05) is 6.92 Å². The van der Waals surface area contributed by atoms with Gasteiger partial charge in [-0.15, -0.1) is 0 Å². The number of hydrogen-bond acceptors (Lipinski definition) is 1. The molecule has 32 heavy (non-hydrogen) atoms. The van der Waals surface area contributed by atoms with Gasteiger partial charge in [-0.3, -0.25) is 0 Å². The van der Waals surface area contributed by atoms with Crippen molar-refractivity contribution in [2.45, 2.75) is 66.3 Å². The average molecular weight is 532 g/mol. The lowest BCUT2D eigenvalue weighted by atomic mass is 9.86. The van der Waals surface area contributed by atoms with Gasteiger partial charge in [0.15, 0.2) is 0 Å². The van der Waals surface area contributed by atoms with Crippen molar-refractivity contribution in [3.8, 4) is 0 Å². The summed E-state index contributed by atoms with van der Waals surface area (Å²) in [6.45, 7) is -1.39. The van der Waals surface area contributed by atoms with E-state index in [0.717, 1.165) is 0 Å². The predicted octanol–water partition coefficient (Wildman–Crippen LogP) is 6.31. The van der Waals surface area contributed by atoms with E-state index in [4.69, 9.17) is 5.11 Å². The van der Waals surface area contributed by atoms with Crippen molar-refractivity contribution < 1.29 is 92.9 Å². The Labute approximate surface area is 160 Å². The Bertz CT molecular complexity index is 633. The third kappa shape index (κ3) is 3.43. The van der Waals surface area contributed by atoms with Crippen LogP contribution in [0.3, 0.4) is 0 Å². The summed E-state index contributed by atoms with van der Waals surface area (Å²) in [6, 6.07) is 0. The lowest BCUT2D eigenvalue weighted by Gasteiger charge is -2.44. The van der Waals surface area contributed by atoms with Crippen LogP contribution in [-0.2, 0) is 0 Å². The van der Waals surface area contributed by atoms with E-state index in [-0.39, 0.29) is 0 Å². The summed E-state index contributed by atoms with van der Waals surface area (Å²) in [4.78, 5) is 0. The highest BCUT2D eigenvalue weighted by Crippen LogP contribution is 2.65. The molecule has 0 spiro atoms. The second kappa shape index (κ2) is 7.03. The van der Waals surface area contributed by atoms with E-state index in [1.807, 2.05) is 0 Å². The van der Waals surface area contributed by atoms with Crippen LogP contribution in [0.5, 0.6) is 0 Å². The molecule has 0 heterocycles. The van der Waals surface area contributed by atoms with Crippen LogP contribution in [-0.4, -0.2) is 64.5 Å².